The van der Waals surface area contributed by atoms with E-state index in [-0.39, 0.29) is 16.1 Å². The Bertz CT molecular complexity index is 651. The summed E-state index contributed by atoms with van der Waals surface area (Å²) < 4.78 is 28.5. The van der Waals surface area contributed by atoms with E-state index in [1.54, 1.807) is 0 Å². The van der Waals surface area contributed by atoms with Crippen LogP contribution in [0.25, 0.3) is 10.9 Å². The second-order valence-corrected chi connectivity index (χ2v) is 3.53. The van der Waals surface area contributed by atoms with Crippen molar-refractivity contribution in [2.45, 2.75) is 5.83 Å². The summed E-state index contributed by atoms with van der Waals surface area (Å²) >= 11 is 11.0. The number of benzene rings is 1. The van der Waals surface area contributed by atoms with Crippen molar-refractivity contribution in [3.63, 3.8) is 0 Å². The SMILES string of the molecule is [2H]C([2H])(Cl)c1ccc2cc(Cl)c(=O)[nH]c2c1F. The summed E-state index contributed by atoms with van der Waals surface area (Å²) in [6.07, 6.45) is 0. The van der Waals surface area contributed by atoms with Gasteiger partial charge in [-0.25, -0.2) is 4.39 Å². The van der Waals surface area contributed by atoms with Gasteiger partial charge in [0.1, 0.15) is 5.02 Å². The fourth-order valence-electron chi connectivity index (χ4n) is 1.29. The molecule has 1 aromatic carbocycles. The number of alkyl halides is 1. The number of fused-ring (bicyclic) bond motifs is 1. The number of pyridine rings is 1. The van der Waals surface area contributed by atoms with E-state index >= 15 is 0 Å². The molecule has 1 heterocycles. The Balaban J connectivity index is 2.85. The van der Waals surface area contributed by atoms with E-state index in [1.165, 1.54) is 18.2 Å². The maximum Gasteiger partial charge on any atom is 0.267 e. The molecule has 0 aliphatic rings. The molecule has 0 radical (unpaired) electrons. The quantitative estimate of drug-likeness (QED) is 0.773. The molecule has 78 valence electrons. The molecule has 0 amide bonds. The van der Waals surface area contributed by atoms with Crippen LogP contribution in [-0.4, -0.2) is 4.98 Å². The minimum atomic E-state index is -2.34. The number of hydrogen-bond acceptors (Lipinski definition) is 1. The topological polar surface area (TPSA) is 32.9 Å². The van der Waals surface area contributed by atoms with Gasteiger partial charge in [0.15, 0.2) is 5.82 Å². The molecule has 0 aliphatic carbocycles. The third-order valence-corrected chi connectivity index (χ3v) is 2.50. The molecule has 0 saturated carbocycles. The van der Waals surface area contributed by atoms with Gasteiger partial charge in [0, 0.05) is 13.7 Å². The first-order valence-electron chi connectivity index (χ1n) is 5.01. The Hall–Kier alpha value is -1.06. The molecule has 0 bridgehead atoms. The summed E-state index contributed by atoms with van der Waals surface area (Å²) in [4.78, 5) is 13.5. The van der Waals surface area contributed by atoms with Crippen molar-refractivity contribution in [2.75, 3.05) is 0 Å². The molecule has 0 spiro atoms. The van der Waals surface area contributed by atoms with Crippen molar-refractivity contribution in [3.8, 4) is 0 Å². The lowest BCUT2D eigenvalue weighted by molar-refractivity contribution is 0.626. The Kier molecular flexibility index (Phi) is 2.08. The van der Waals surface area contributed by atoms with Gasteiger partial charge in [-0.3, -0.25) is 4.79 Å². The van der Waals surface area contributed by atoms with Crippen molar-refractivity contribution in [2.24, 2.45) is 0 Å². The van der Waals surface area contributed by atoms with Crippen LogP contribution in [0.5, 0.6) is 0 Å². The average Bonchev–Trinajstić information content (AvgIpc) is 2.19. The van der Waals surface area contributed by atoms with Crippen LogP contribution in [-0.2, 0) is 5.83 Å². The average molecular weight is 248 g/mol. The van der Waals surface area contributed by atoms with E-state index in [1.807, 2.05) is 0 Å². The largest absolute Gasteiger partial charge is 0.318 e. The lowest BCUT2D eigenvalue weighted by atomic mass is 10.1. The normalized spacial score (nSPS) is 13.8. The first-order valence-corrected chi connectivity index (χ1v) is 4.77. The summed E-state index contributed by atoms with van der Waals surface area (Å²) in [7, 11) is 0. The van der Waals surface area contributed by atoms with Crippen molar-refractivity contribution in [1.29, 1.82) is 0 Å². The molecule has 1 aromatic heterocycles. The predicted molar refractivity (Wildman–Crippen MR) is 59.1 cm³/mol. The molecule has 2 aromatic rings. The minimum Gasteiger partial charge on any atom is -0.318 e. The number of aromatic nitrogens is 1. The molecule has 0 unspecified atom stereocenters. The summed E-state index contributed by atoms with van der Waals surface area (Å²) in [5.74, 6) is -3.23. The summed E-state index contributed by atoms with van der Waals surface area (Å²) in [5.41, 5.74) is -1.07. The maximum absolute atomic E-state index is 13.9. The van der Waals surface area contributed by atoms with Gasteiger partial charge >= 0.3 is 0 Å². The van der Waals surface area contributed by atoms with E-state index < -0.39 is 17.2 Å². The number of aromatic amines is 1. The molecule has 15 heavy (non-hydrogen) atoms. The smallest absolute Gasteiger partial charge is 0.267 e. The highest BCUT2D eigenvalue weighted by Gasteiger charge is 2.08. The number of halogens is 3. The van der Waals surface area contributed by atoms with E-state index in [0.29, 0.717) is 5.39 Å². The van der Waals surface area contributed by atoms with E-state index in [4.69, 9.17) is 25.9 Å². The minimum absolute atomic E-state index is 0.0569. The molecule has 0 aliphatic heterocycles. The summed E-state index contributed by atoms with van der Waals surface area (Å²) in [5, 5.41) is 0.315. The first kappa shape index (κ1) is 8.13. The molecule has 0 fully saturated rings. The van der Waals surface area contributed by atoms with Gasteiger partial charge in [-0.2, -0.15) is 0 Å². The molecule has 5 heteroatoms. The third-order valence-electron chi connectivity index (χ3n) is 2.01. The van der Waals surface area contributed by atoms with Gasteiger partial charge in [0.05, 0.1) is 11.3 Å². The Morgan fingerprint density at radius 2 is 2.27 bits per heavy atom. The van der Waals surface area contributed by atoms with Crippen molar-refractivity contribution in [3.05, 3.63) is 45.0 Å². The Morgan fingerprint density at radius 3 is 2.93 bits per heavy atom. The summed E-state index contributed by atoms with van der Waals surface area (Å²) in [6, 6.07) is 3.97. The first-order chi connectivity index (χ1) is 7.80. The van der Waals surface area contributed by atoms with Crippen LogP contribution in [0, 0.1) is 5.82 Å². The number of hydrogen-bond donors (Lipinski definition) is 1. The lowest BCUT2D eigenvalue weighted by Crippen LogP contribution is -2.07. The Labute approximate surface area is 97.4 Å². The van der Waals surface area contributed by atoms with Gasteiger partial charge < -0.3 is 4.98 Å². The highest BCUT2D eigenvalue weighted by Crippen LogP contribution is 2.21. The zero-order valence-corrected chi connectivity index (χ0v) is 8.79. The standard InChI is InChI=1S/C10H6Cl2FNO/c11-4-6-2-1-5-3-7(12)10(15)14-9(5)8(6)13/h1-3H,4H2,(H,14,15)/i4D2. The van der Waals surface area contributed by atoms with Gasteiger partial charge in [-0.1, -0.05) is 23.7 Å². The van der Waals surface area contributed by atoms with E-state index in [9.17, 15) is 9.18 Å². The van der Waals surface area contributed by atoms with Gasteiger partial charge in [0.2, 0.25) is 0 Å². The van der Waals surface area contributed by atoms with Crippen LogP contribution < -0.4 is 5.56 Å². The fraction of sp³-hybridized carbons (Fsp3) is 0.100. The van der Waals surface area contributed by atoms with Crippen LogP contribution in [0.3, 0.4) is 0 Å². The zero-order valence-electron chi connectivity index (χ0n) is 9.27. The van der Waals surface area contributed by atoms with E-state index in [0.717, 1.165) is 0 Å². The second-order valence-electron chi connectivity index (χ2n) is 2.93. The fourth-order valence-corrected chi connectivity index (χ4v) is 1.60. The highest BCUT2D eigenvalue weighted by molar-refractivity contribution is 6.31. The predicted octanol–water partition coefficient (Wildman–Crippen LogP) is 3.06. The maximum atomic E-state index is 13.9. The van der Waals surface area contributed by atoms with Crippen molar-refractivity contribution in [1.82, 2.24) is 4.98 Å². The van der Waals surface area contributed by atoms with Crippen LogP contribution >= 0.6 is 23.2 Å². The van der Waals surface area contributed by atoms with E-state index in [2.05, 4.69) is 4.98 Å². The number of nitrogens with one attached hydrogen (secondary N) is 1. The van der Waals surface area contributed by atoms with Crippen LogP contribution in [0.15, 0.2) is 23.0 Å². The molecule has 0 saturated heterocycles. The molecular weight excluding hydrogens is 240 g/mol. The lowest BCUT2D eigenvalue weighted by Gasteiger charge is -2.03. The van der Waals surface area contributed by atoms with Gasteiger partial charge in [0.25, 0.3) is 5.56 Å². The van der Waals surface area contributed by atoms with Crippen molar-refractivity contribution >= 4 is 34.1 Å². The van der Waals surface area contributed by atoms with Crippen LogP contribution in [0.2, 0.25) is 5.02 Å². The van der Waals surface area contributed by atoms with Crippen LogP contribution in [0.1, 0.15) is 8.30 Å². The highest BCUT2D eigenvalue weighted by atomic mass is 35.5. The zero-order chi connectivity index (χ0) is 12.8. The Morgan fingerprint density at radius 1 is 1.53 bits per heavy atom. The molecule has 2 rings (SSSR count). The monoisotopic (exact) mass is 247 g/mol. The summed E-state index contributed by atoms with van der Waals surface area (Å²) in [6.45, 7) is 0. The van der Waals surface area contributed by atoms with Gasteiger partial charge in [-0.15, -0.1) is 11.6 Å². The van der Waals surface area contributed by atoms with Crippen molar-refractivity contribution < 1.29 is 7.13 Å². The molecule has 0 atom stereocenters. The molecule has 1 N–H and O–H groups in total. The third kappa shape index (κ3) is 1.73. The molecule has 2 nitrogen and oxygen atoms in total. The number of rotatable bonds is 1. The second kappa shape index (κ2) is 3.83. The van der Waals surface area contributed by atoms with Gasteiger partial charge in [-0.05, 0) is 6.07 Å². The molecular formula is C10H6Cl2FNO. The number of H-pyrrole nitrogens is 1. The van der Waals surface area contributed by atoms with Crippen LogP contribution in [0.4, 0.5) is 4.39 Å².